The van der Waals surface area contributed by atoms with Crippen molar-refractivity contribution in [3.8, 4) is 11.5 Å². The highest BCUT2D eigenvalue weighted by Crippen LogP contribution is 2.40. The van der Waals surface area contributed by atoms with Crippen molar-refractivity contribution in [2.24, 2.45) is 0 Å². The first kappa shape index (κ1) is 13.6. The van der Waals surface area contributed by atoms with E-state index in [1.807, 2.05) is 6.07 Å². The normalized spacial score (nSPS) is 19.8. The first-order valence-electron chi connectivity index (χ1n) is 8.20. The lowest BCUT2D eigenvalue weighted by molar-refractivity contribution is 0.171. The molecule has 7 nitrogen and oxygen atoms in total. The van der Waals surface area contributed by atoms with Crippen LogP contribution in [0.15, 0.2) is 30.7 Å². The molecule has 1 aromatic carbocycles. The number of aromatic nitrogens is 4. The first-order valence-corrected chi connectivity index (χ1v) is 8.20. The van der Waals surface area contributed by atoms with Crippen LogP contribution in [-0.2, 0) is 0 Å². The number of ether oxygens (including phenoxy) is 2. The molecule has 0 saturated carbocycles. The summed E-state index contributed by atoms with van der Waals surface area (Å²) in [5.74, 6) is 2.60. The predicted octanol–water partition coefficient (Wildman–Crippen LogP) is 2.47. The van der Waals surface area contributed by atoms with Crippen molar-refractivity contribution >= 4 is 16.9 Å². The molecule has 0 aliphatic carbocycles. The minimum atomic E-state index is 0.272. The van der Waals surface area contributed by atoms with Crippen molar-refractivity contribution in [2.75, 3.05) is 24.7 Å². The van der Waals surface area contributed by atoms with E-state index in [4.69, 9.17) is 9.47 Å². The van der Waals surface area contributed by atoms with Gasteiger partial charge in [-0.15, -0.1) is 0 Å². The van der Waals surface area contributed by atoms with E-state index in [2.05, 4.69) is 37.2 Å². The number of benzene rings is 1. The molecule has 2 aliphatic heterocycles. The van der Waals surface area contributed by atoms with Gasteiger partial charge in [-0.1, -0.05) is 6.07 Å². The van der Waals surface area contributed by atoms with Crippen LogP contribution in [0.5, 0.6) is 11.5 Å². The molecule has 2 aromatic heterocycles. The van der Waals surface area contributed by atoms with E-state index in [1.54, 1.807) is 12.5 Å². The van der Waals surface area contributed by atoms with E-state index in [0.29, 0.717) is 13.2 Å². The zero-order chi connectivity index (χ0) is 15.9. The molecule has 7 heteroatoms. The Balaban J connectivity index is 1.55. The summed E-state index contributed by atoms with van der Waals surface area (Å²) in [5, 5.41) is 7.97. The lowest BCUT2D eigenvalue weighted by atomic mass is 10.0. The number of nitrogens with zero attached hydrogens (tertiary/aromatic N) is 4. The highest BCUT2D eigenvalue weighted by Gasteiger charge is 2.29. The molecule has 0 amide bonds. The number of hydrogen-bond donors (Lipinski definition) is 1. The monoisotopic (exact) mass is 323 g/mol. The molecule has 0 bridgehead atoms. The van der Waals surface area contributed by atoms with Gasteiger partial charge in [-0.3, -0.25) is 5.10 Å². The Morgan fingerprint density at radius 1 is 1.12 bits per heavy atom. The fourth-order valence-electron chi connectivity index (χ4n) is 3.62. The molecule has 1 N–H and O–H groups in total. The van der Waals surface area contributed by atoms with E-state index in [0.717, 1.165) is 47.7 Å². The Morgan fingerprint density at radius 3 is 3.00 bits per heavy atom. The van der Waals surface area contributed by atoms with E-state index in [-0.39, 0.29) is 6.04 Å². The second kappa shape index (κ2) is 5.36. The Morgan fingerprint density at radius 2 is 2.04 bits per heavy atom. The van der Waals surface area contributed by atoms with Crippen LogP contribution in [-0.4, -0.2) is 39.9 Å². The van der Waals surface area contributed by atoms with Gasteiger partial charge < -0.3 is 14.4 Å². The second-order valence-corrected chi connectivity index (χ2v) is 6.08. The third-order valence-corrected chi connectivity index (χ3v) is 4.70. The smallest absolute Gasteiger partial charge is 0.161 e. The molecule has 1 unspecified atom stereocenters. The molecule has 24 heavy (non-hydrogen) atoms. The number of nitrogens with one attached hydrogen (secondary N) is 1. The SMILES string of the molecule is c1nc(N2CCCC2c2ccc3c(c2)OCCO3)c2cn[nH]c2n1. The first-order chi connectivity index (χ1) is 11.9. The summed E-state index contributed by atoms with van der Waals surface area (Å²) in [6.07, 6.45) is 5.60. The number of rotatable bonds is 2. The van der Waals surface area contributed by atoms with Gasteiger partial charge in [-0.25, -0.2) is 9.97 Å². The maximum Gasteiger partial charge on any atom is 0.161 e. The largest absolute Gasteiger partial charge is 0.486 e. The third-order valence-electron chi connectivity index (χ3n) is 4.70. The van der Waals surface area contributed by atoms with Crippen LogP contribution in [0.2, 0.25) is 0 Å². The summed E-state index contributed by atoms with van der Waals surface area (Å²) < 4.78 is 11.4. The molecular weight excluding hydrogens is 306 g/mol. The molecule has 0 radical (unpaired) electrons. The third kappa shape index (κ3) is 2.08. The number of anilines is 1. The van der Waals surface area contributed by atoms with E-state index < -0.39 is 0 Å². The Bertz CT molecular complexity index is 894. The molecule has 4 heterocycles. The van der Waals surface area contributed by atoms with Gasteiger partial charge in [0.2, 0.25) is 0 Å². The average molecular weight is 323 g/mol. The van der Waals surface area contributed by atoms with Gasteiger partial charge in [0.25, 0.3) is 0 Å². The highest BCUT2D eigenvalue weighted by molar-refractivity contribution is 5.86. The molecule has 1 fully saturated rings. The number of H-pyrrole nitrogens is 1. The molecule has 3 aromatic rings. The van der Waals surface area contributed by atoms with Crippen molar-refractivity contribution in [1.29, 1.82) is 0 Å². The minimum absolute atomic E-state index is 0.272. The van der Waals surface area contributed by atoms with E-state index >= 15 is 0 Å². The van der Waals surface area contributed by atoms with E-state index in [9.17, 15) is 0 Å². The molecule has 122 valence electrons. The van der Waals surface area contributed by atoms with Gasteiger partial charge in [0.05, 0.1) is 17.6 Å². The summed E-state index contributed by atoms with van der Waals surface area (Å²) in [4.78, 5) is 11.1. The molecule has 1 saturated heterocycles. The van der Waals surface area contributed by atoms with Crippen molar-refractivity contribution in [2.45, 2.75) is 18.9 Å². The lowest BCUT2D eigenvalue weighted by Gasteiger charge is -2.27. The highest BCUT2D eigenvalue weighted by atomic mass is 16.6. The number of hydrogen-bond acceptors (Lipinski definition) is 6. The molecule has 2 aliphatic rings. The lowest BCUT2D eigenvalue weighted by Crippen LogP contribution is -2.24. The Labute approximate surface area is 138 Å². The number of fused-ring (bicyclic) bond motifs is 2. The van der Waals surface area contributed by atoms with Crippen LogP contribution in [0, 0.1) is 0 Å². The summed E-state index contributed by atoms with van der Waals surface area (Å²) in [6.45, 7) is 2.18. The van der Waals surface area contributed by atoms with Crippen LogP contribution in [0.1, 0.15) is 24.4 Å². The van der Waals surface area contributed by atoms with Crippen molar-refractivity contribution in [3.63, 3.8) is 0 Å². The van der Waals surface area contributed by atoms with Crippen LogP contribution < -0.4 is 14.4 Å². The van der Waals surface area contributed by atoms with Crippen molar-refractivity contribution in [3.05, 3.63) is 36.3 Å². The summed E-state index contributed by atoms with van der Waals surface area (Å²) in [5.41, 5.74) is 2.00. The maximum absolute atomic E-state index is 5.74. The average Bonchev–Trinajstić information content (AvgIpc) is 3.30. The molecule has 1 atom stereocenters. The van der Waals surface area contributed by atoms with Gasteiger partial charge in [0, 0.05) is 6.54 Å². The fourth-order valence-corrected chi connectivity index (χ4v) is 3.62. The maximum atomic E-state index is 5.74. The van der Waals surface area contributed by atoms with Gasteiger partial charge in [0.1, 0.15) is 25.4 Å². The quantitative estimate of drug-likeness (QED) is 0.781. The molecular formula is C17H17N5O2. The zero-order valence-electron chi connectivity index (χ0n) is 13.1. The summed E-state index contributed by atoms with van der Waals surface area (Å²) >= 11 is 0. The van der Waals surface area contributed by atoms with Crippen molar-refractivity contribution < 1.29 is 9.47 Å². The standard InChI is InChI=1S/C17H17N5O2/c1-2-13(11-3-4-14-15(8-11)24-7-6-23-14)22(5-1)17-12-9-20-21-16(12)18-10-19-17/h3-4,8-10,13H,1-2,5-7H2,(H,18,19,20,21). The number of aromatic amines is 1. The van der Waals surface area contributed by atoms with Gasteiger partial charge in [-0.05, 0) is 30.5 Å². The minimum Gasteiger partial charge on any atom is -0.486 e. The topological polar surface area (TPSA) is 76.2 Å². The van der Waals surface area contributed by atoms with Crippen LogP contribution in [0.4, 0.5) is 5.82 Å². The molecule has 0 spiro atoms. The predicted molar refractivity (Wildman–Crippen MR) is 88.4 cm³/mol. The Kier molecular flexibility index (Phi) is 3.04. The fraction of sp³-hybridized carbons (Fsp3) is 0.353. The summed E-state index contributed by atoms with van der Waals surface area (Å²) in [6, 6.07) is 6.51. The van der Waals surface area contributed by atoms with Crippen LogP contribution >= 0.6 is 0 Å². The zero-order valence-corrected chi connectivity index (χ0v) is 13.1. The van der Waals surface area contributed by atoms with E-state index in [1.165, 1.54) is 5.56 Å². The van der Waals surface area contributed by atoms with Crippen molar-refractivity contribution in [1.82, 2.24) is 20.2 Å². The summed E-state index contributed by atoms with van der Waals surface area (Å²) in [7, 11) is 0. The van der Waals surface area contributed by atoms with Gasteiger partial charge >= 0.3 is 0 Å². The van der Waals surface area contributed by atoms with Gasteiger partial charge in [0.15, 0.2) is 17.1 Å². The second-order valence-electron chi connectivity index (χ2n) is 6.08. The molecule has 5 rings (SSSR count). The Hall–Kier alpha value is -2.83. The van der Waals surface area contributed by atoms with Crippen LogP contribution in [0.25, 0.3) is 11.0 Å². The van der Waals surface area contributed by atoms with Gasteiger partial charge in [-0.2, -0.15) is 5.10 Å². The van der Waals surface area contributed by atoms with Crippen LogP contribution in [0.3, 0.4) is 0 Å².